The molecule has 2 aromatic heterocycles. The largest absolute Gasteiger partial charge is 0.457 e. The van der Waals surface area contributed by atoms with Gasteiger partial charge in [-0.05, 0) is 67.3 Å². The number of rotatable bonds is 5. The Morgan fingerprint density at radius 2 is 1.51 bits per heavy atom. The number of ether oxygens (including phenoxy) is 1. The zero-order valence-corrected chi connectivity index (χ0v) is 21.1. The molecule has 2 aromatic carbocycles. The zero-order valence-electron chi connectivity index (χ0n) is 21.1. The van der Waals surface area contributed by atoms with E-state index in [2.05, 4.69) is 96.9 Å². The van der Waals surface area contributed by atoms with E-state index >= 15 is 0 Å². The van der Waals surface area contributed by atoms with E-state index in [0.29, 0.717) is 6.04 Å². The molecule has 0 atom stereocenters. The first kappa shape index (κ1) is 22.9. The summed E-state index contributed by atoms with van der Waals surface area (Å²) in [7, 11) is 0. The Hall–Kier alpha value is -3.86. The molecular weight excluding hydrogens is 432 g/mol. The highest BCUT2D eigenvalue weighted by atomic mass is 16.5. The molecule has 0 saturated heterocycles. The molecular formula is C30H32N4O. The van der Waals surface area contributed by atoms with E-state index in [9.17, 15) is 0 Å². The summed E-state index contributed by atoms with van der Waals surface area (Å²) in [5, 5.41) is 0. The molecule has 0 N–H and O–H groups in total. The number of hydrogen-bond acceptors (Lipinski definition) is 5. The molecule has 1 aliphatic rings. The molecule has 0 amide bonds. The molecule has 0 saturated carbocycles. The standard InChI is InChI=1S/C30H32N4O/c1-21(2)33-20-34(29-12-7-6-11-28(29)33)23-16-22(30(3,4)5)17-25(18-23)35-24-13-15-32-27(19-24)26-10-8-9-14-31-26/h6-19,21H,20H2,1-5H3. The first-order valence-electron chi connectivity index (χ1n) is 12.1. The van der Waals surface area contributed by atoms with E-state index in [1.165, 1.54) is 16.9 Å². The molecule has 3 heterocycles. The van der Waals surface area contributed by atoms with Gasteiger partial charge in [0.2, 0.25) is 0 Å². The van der Waals surface area contributed by atoms with Crippen LogP contribution < -0.4 is 14.5 Å². The number of para-hydroxylation sites is 2. The number of aromatic nitrogens is 2. The van der Waals surface area contributed by atoms with Crippen LogP contribution in [0.3, 0.4) is 0 Å². The third kappa shape index (κ3) is 4.72. The second kappa shape index (κ2) is 9.06. The van der Waals surface area contributed by atoms with Gasteiger partial charge in [0, 0.05) is 36.3 Å². The summed E-state index contributed by atoms with van der Waals surface area (Å²) in [6.45, 7) is 12.0. The highest BCUT2D eigenvalue weighted by Gasteiger charge is 2.29. The smallest absolute Gasteiger partial charge is 0.131 e. The van der Waals surface area contributed by atoms with E-state index in [1.807, 2.05) is 30.3 Å². The van der Waals surface area contributed by atoms with E-state index in [0.717, 1.165) is 35.2 Å². The van der Waals surface area contributed by atoms with Crippen LogP contribution >= 0.6 is 0 Å². The van der Waals surface area contributed by atoms with Crippen molar-refractivity contribution in [1.29, 1.82) is 0 Å². The number of hydrogen-bond donors (Lipinski definition) is 0. The normalized spacial score (nSPS) is 13.3. The Morgan fingerprint density at radius 3 is 2.23 bits per heavy atom. The van der Waals surface area contributed by atoms with Crippen molar-refractivity contribution < 1.29 is 4.74 Å². The fourth-order valence-corrected chi connectivity index (χ4v) is 4.40. The van der Waals surface area contributed by atoms with Crippen molar-refractivity contribution in [2.24, 2.45) is 0 Å². The molecule has 35 heavy (non-hydrogen) atoms. The summed E-state index contributed by atoms with van der Waals surface area (Å²) < 4.78 is 6.43. The van der Waals surface area contributed by atoms with E-state index in [-0.39, 0.29) is 5.41 Å². The average Bonchev–Trinajstić information content (AvgIpc) is 3.24. The maximum absolute atomic E-state index is 6.43. The second-order valence-corrected chi connectivity index (χ2v) is 10.3. The molecule has 178 valence electrons. The minimum Gasteiger partial charge on any atom is -0.457 e. The highest BCUT2D eigenvalue weighted by Crippen LogP contribution is 2.43. The first-order chi connectivity index (χ1) is 16.8. The minimum atomic E-state index is -0.0253. The minimum absolute atomic E-state index is 0.0253. The lowest BCUT2D eigenvalue weighted by Gasteiger charge is -2.27. The van der Waals surface area contributed by atoms with Gasteiger partial charge in [-0.15, -0.1) is 0 Å². The fraction of sp³-hybridized carbons (Fsp3) is 0.267. The lowest BCUT2D eigenvalue weighted by atomic mass is 9.86. The number of pyridine rings is 2. The van der Waals surface area contributed by atoms with Crippen molar-refractivity contribution in [3.05, 3.63) is 90.8 Å². The fourth-order valence-electron chi connectivity index (χ4n) is 4.40. The van der Waals surface area contributed by atoms with Crippen LogP contribution in [0.25, 0.3) is 11.4 Å². The summed E-state index contributed by atoms with van der Waals surface area (Å²) >= 11 is 0. The Kier molecular flexibility index (Phi) is 5.93. The number of benzene rings is 2. The van der Waals surface area contributed by atoms with Crippen LogP contribution in [0.4, 0.5) is 17.1 Å². The Labute approximate surface area is 208 Å². The molecule has 0 bridgehead atoms. The van der Waals surface area contributed by atoms with Crippen LogP contribution in [0.5, 0.6) is 11.5 Å². The third-order valence-electron chi connectivity index (χ3n) is 6.36. The summed E-state index contributed by atoms with van der Waals surface area (Å²) in [6, 6.07) is 25.3. The van der Waals surface area contributed by atoms with Crippen molar-refractivity contribution in [2.45, 2.75) is 46.1 Å². The average molecular weight is 465 g/mol. The van der Waals surface area contributed by atoms with Gasteiger partial charge in [0.15, 0.2) is 0 Å². The van der Waals surface area contributed by atoms with Crippen LogP contribution in [-0.2, 0) is 5.41 Å². The van der Waals surface area contributed by atoms with Gasteiger partial charge in [-0.25, -0.2) is 0 Å². The Bertz CT molecular complexity index is 1330. The summed E-state index contributed by atoms with van der Waals surface area (Å²) in [5.41, 5.74) is 6.43. The van der Waals surface area contributed by atoms with Gasteiger partial charge in [-0.3, -0.25) is 9.97 Å². The van der Waals surface area contributed by atoms with Crippen molar-refractivity contribution in [3.8, 4) is 22.9 Å². The molecule has 0 spiro atoms. The van der Waals surface area contributed by atoms with Crippen molar-refractivity contribution >= 4 is 17.1 Å². The molecule has 5 nitrogen and oxygen atoms in total. The first-order valence-corrected chi connectivity index (χ1v) is 12.1. The molecule has 5 heteroatoms. The Morgan fingerprint density at radius 1 is 0.771 bits per heavy atom. The predicted molar refractivity (Wildman–Crippen MR) is 144 cm³/mol. The molecule has 0 unspecified atom stereocenters. The summed E-state index contributed by atoms with van der Waals surface area (Å²) in [6.07, 6.45) is 3.54. The van der Waals surface area contributed by atoms with Gasteiger partial charge in [-0.2, -0.15) is 0 Å². The van der Waals surface area contributed by atoms with Gasteiger partial charge >= 0.3 is 0 Å². The van der Waals surface area contributed by atoms with Crippen LogP contribution in [0, 0.1) is 0 Å². The van der Waals surface area contributed by atoms with Gasteiger partial charge in [-0.1, -0.05) is 39.0 Å². The Balaban J connectivity index is 1.53. The molecule has 0 fully saturated rings. The molecule has 1 aliphatic heterocycles. The van der Waals surface area contributed by atoms with Gasteiger partial charge in [0.05, 0.1) is 29.4 Å². The van der Waals surface area contributed by atoms with Crippen LogP contribution in [-0.4, -0.2) is 22.7 Å². The highest BCUT2D eigenvalue weighted by molar-refractivity contribution is 5.83. The monoisotopic (exact) mass is 464 g/mol. The van der Waals surface area contributed by atoms with E-state index in [1.54, 1.807) is 12.4 Å². The second-order valence-electron chi connectivity index (χ2n) is 10.3. The van der Waals surface area contributed by atoms with Crippen molar-refractivity contribution in [1.82, 2.24) is 9.97 Å². The van der Waals surface area contributed by atoms with E-state index < -0.39 is 0 Å². The van der Waals surface area contributed by atoms with Gasteiger partial charge in [0.1, 0.15) is 11.5 Å². The van der Waals surface area contributed by atoms with Gasteiger partial charge in [0.25, 0.3) is 0 Å². The number of nitrogens with zero attached hydrogens (tertiary/aromatic N) is 4. The third-order valence-corrected chi connectivity index (χ3v) is 6.36. The lowest BCUT2D eigenvalue weighted by Crippen LogP contribution is -2.33. The summed E-state index contributed by atoms with van der Waals surface area (Å²) in [5.74, 6) is 1.55. The zero-order chi connectivity index (χ0) is 24.6. The van der Waals surface area contributed by atoms with Crippen molar-refractivity contribution in [3.63, 3.8) is 0 Å². The van der Waals surface area contributed by atoms with Crippen LogP contribution in [0.1, 0.15) is 40.2 Å². The summed E-state index contributed by atoms with van der Waals surface area (Å²) in [4.78, 5) is 13.7. The lowest BCUT2D eigenvalue weighted by molar-refractivity contribution is 0.478. The van der Waals surface area contributed by atoms with Crippen molar-refractivity contribution in [2.75, 3.05) is 16.5 Å². The molecule has 0 aliphatic carbocycles. The number of fused-ring (bicyclic) bond motifs is 1. The molecule has 0 radical (unpaired) electrons. The molecule has 5 rings (SSSR count). The van der Waals surface area contributed by atoms with E-state index in [4.69, 9.17) is 4.74 Å². The van der Waals surface area contributed by atoms with Gasteiger partial charge < -0.3 is 14.5 Å². The SMILES string of the molecule is CC(C)N1CN(c2cc(Oc3ccnc(-c4ccccn4)c3)cc(C(C)(C)C)c2)c2ccccc21. The maximum atomic E-state index is 6.43. The molecule has 4 aromatic rings. The van der Waals surface area contributed by atoms with Crippen LogP contribution in [0.15, 0.2) is 85.2 Å². The van der Waals surface area contributed by atoms with Crippen LogP contribution in [0.2, 0.25) is 0 Å². The predicted octanol–water partition coefficient (Wildman–Crippen LogP) is 7.56. The quantitative estimate of drug-likeness (QED) is 0.305. The topological polar surface area (TPSA) is 41.5 Å². The maximum Gasteiger partial charge on any atom is 0.131 e. The number of anilines is 3.